The highest BCUT2D eigenvalue weighted by Crippen LogP contribution is 2.22. The van der Waals surface area contributed by atoms with Gasteiger partial charge < -0.3 is 4.90 Å². The molecule has 0 saturated heterocycles. The Bertz CT molecular complexity index is 666. The van der Waals surface area contributed by atoms with Crippen molar-refractivity contribution < 1.29 is 0 Å². The predicted molar refractivity (Wildman–Crippen MR) is 83.9 cm³/mol. The number of hydrogen-bond donors (Lipinski definition) is 0. The van der Waals surface area contributed by atoms with Crippen LogP contribution < -0.4 is 4.90 Å². The lowest BCUT2D eigenvalue weighted by atomic mass is 10.0. The smallest absolute Gasteiger partial charge is 0.0991 e. The lowest BCUT2D eigenvalue weighted by Gasteiger charge is -2.23. The number of anilines is 1. The van der Waals surface area contributed by atoms with Gasteiger partial charge in [0.2, 0.25) is 0 Å². The Morgan fingerprint density at radius 1 is 1.00 bits per heavy atom. The van der Waals surface area contributed by atoms with E-state index in [1.165, 1.54) is 27.9 Å². The highest BCUT2D eigenvalue weighted by Gasteiger charge is 2.07. The number of nitrogens with zero attached hydrogens (tertiary/aromatic N) is 2. The fourth-order valence-corrected chi connectivity index (χ4v) is 2.52. The van der Waals surface area contributed by atoms with Gasteiger partial charge in [-0.2, -0.15) is 5.26 Å². The third-order valence-electron chi connectivity index (χ3n) is 3.64. The minimum absolute atomic E-state index is 0.723. The van der Waals surface area contributed by atoms with Crippen molar-refractivity contribution in [3.8, 4) is 6.07 Å². The van der Waals surface area contributed by atoms with Crippen LogP contribution in [0.15, 0.2) is 36.4 Å². The van der Waals surface area contributed by atoms with Crippen LogP contribution in [0.3, 0.4) is 0 Å². The van der Waals surface area contributed by atoms with E-state index in [4.69, 9.17) is 5.26 Å². The number of rotatable bonds is 3. The summed E-state index contributed by atoms with van der Waals surface area (Å²) in [4.78, 5) is 2.25. The molecule has 0 bridgehead atoms. The van der Waals surface area contributed by atoms with Gasteiger partial charge in [0.1, 0.15) is 0 Å². The van der Waals surface area contributed by atoms with E-state index in [9.17, 15) is 0 Å². The molecule has 2 rings (SSSR count). The van der Waals surface area contributed by atoms with Gasteiger partial charge in [0.25, 0.3) is 0 Å². The molecule has 0 unspecified atom stereocenters. The summed E-state index contributed by atoms with van der Waals surface area (Å²) in [6.07, 6.45) is 0. The average molecular weight is 264 g/mol. The molecule has 0 aliphatic heterocycles. The third-order valence-corrected chi connectivity index (χ3v) is 3.64. The van der Waals surface area contributed by atoms with Gasteiger partial charge in [0, 0.05) is 19.3 Å². The van der Waals surface area contributed by atoms with Gasteiger partial charge in [-0.3, -0.25) is 0 Å². The molecule has 2 aromatic carbocycles. The first-order chi connectivity index (χ1) is 9.51. The molecule has 2 heteroatoms. The van der Waals surface area contributed by atoms with Gasteiger partial charge in [-0.15, -0.1) is 0 Å². The second-order valence-corrected chi connectivity index (χ2v) is 5.40. The van der Waals surface area contributed by atoms with Gasteiger partial charge in [-0.05, 0) is 55.7 Å². The van der Waals surface area contributed by atoms with Crippen molar-refractivity contribution in [2.24, 2.45) is 0 Å². The van der Waals surface area contributed by atoms with E-state index in [1.54, 1.807) is 0 Å². The van der Waals surface area contributed by atoms with Crippen LogP contribution >= 0.6 is 0 Å². The van der Waals surface area contributed by atoms with E-state index in [2.05, 4.69) is 57.0 Å². The Labute approximate surface area is 121 Å². The molecule has 0 amide bonds. The van der Waals surface area contributed by atoms with Crippen LogP contribution in [0.2, 0.25) is 0 Å². The maximum absolute atomic E-state index is 8.91. The molecule has 0 aromatic heterocycles. The maximum atomic E-state index is 8.91. The summed E-state index contributed by atoms with van der Waals surface area (Å²) in [6, 6.07) is 14.6. The predicted octanol–water partition coefficient (Wildman–Crippen LogP) is 4.12. The summed E-state index contributed by atoms with van der Waals surface area (Å²) in [5.74, 6) is 0. The summed E-state index contributed by atoms with van der Waals surface area (Å²) in [7, 11) is 2.11. The molecule has 0 saturated carbocycles. The lowest BCUT2D eigenvalue weighted by Crippen LogP contribution is -2.18. The van der Waals surface area contributed by atoms with Gasteiger partial charge in [-0.25, -0.2) is 0 Å². The Morgan fingerprint density at radius 2 is 1.75 bits per heavy atom. The molecule has 2 nitrogen and oxygen atoms in total. The topological polar surface area (TPSA) is 27.0 Å². The van der Waals surface area contributed by atoms with Crippen LogP contribution in [0.25, 0.3) is 0 Å². The van der Waals surface area contributed by atoms with E-state index in [-0.39, 0.29) is 0 Å². The normalized spacial score (nSPS) is 10.2. The van der Waals surface area contributed by atoms with Crippen LogP contribution in [0.1, 0.15) is 27.8 Å². The second kappa shape index (κ2) is 5.79. The summed E-state index contributed by atoms with van der Waals surface area (Å²) < 4.78 is 0. The van der Waals surface area contributed by atoms with E-state index < -0.39 is 0 Å². The molecule has 0 N–H and O–H groups in total. The Kier molecular flexibility index (Phi) is 4.10. The van der Waals surface area contributed by atoms with Crippen LogP contribution in [0, 0.1) is 32.1 Å². The third kappa shape index (κ3) is 3.00. The molecular weight excluding hydrogens is 244 g/mol. The first kappa shape index (κ1) is 14.1. The van der Waals surface area contributed by atoms with E-state index in [0.29, 0.717) is 0 Å². The Hall–Kier alpha value is -2.27. The molecule has 0 spiro atoms. The van der Waals surface area contributed by atoms with Crippen LogP contribution in [0.5, 0.6) is 0 Å². The fraction of sp³-hybridized carbons (Fsp3) is 0.278. The molecule has 0 fully saturated rings. The highest BCUT2D eigenvalue weighted by molar-refractivity contribution is 5.54. The summed E-state index contributed by atoms with van der Waals surface area (Å²) >= 11 is 0. The van der Waals surface area contributed by atoms with Gasteiger partial charge >= 0.3 is 0 Å². The lowest BCUT2D eigenvalue weighted by molar-refractivity contribution is 0.908. The zero-order valence-corrected chi connectivity index (χ0v) is 12.6. The summed E-state index contributed by atoms with van der Waals surface area (Å²) in [5, 5.41) is 8.91. The number of hydrogen-bond acceptors (Lipinski definition) is 2. The maximum Gasteiger partial charge on any atom is 0.0991 e. The molecule has 0 aliphatic rings. The van der Waals surface area contributed by atoms with Crippen molar-refractivity contribution >= 4 is 5.69 Å². The van der Waals surface area contributed by atoms with Crippen molar-refractivity contribution in [3.05, 3.63) is 64.2 Å². The molecule has 0 aliphatic carbocycles. The Balaban J connectivity index is 2.23. The first-order valence-corrected chi connectivity index (χ1v) is 6.79. The number of aryl methyl sites for hydroxylation is 3. The Morgan fingerprint density at radius 3 is 2.35 bits per heavy atom. The van der Waals surface area contributed by atoms with Crippen molar-refractivity contribution in [2.75, 3.05) is 11.9 Å². The molecule has 0 atom stereocenters. The highest BCUT2D eigenvalue weighted by atomic mass is 15.1. The first-order valence-electron chi connectivity index (χ1n) is 6.79. The zero-order valence-electron chi connectivity index (χ0n) is 12.6. The standard InChI is InChI=1S/C18H20N2/c1-13-5-8-18(15(3)9-13)20(4)12-17-7-6-16(11-19)10-14(17)2/h5-10H,12H2,1-4H3. The largest absolute Gasteiger partial charge is 0.370 e. The van der Waals surface area contributed by atoms with Crippen LogP contribution in [0.4, 0.5) is 5.69 Å². The fourth-order valence-electron chi connectivity index (χ4n) is 2.52. The minimum Gasteiger partial charge on any atom is -0.370 e. The summed E-state index contributed by atoms with van der Waals surface area (Å²) in [5.41, 5.74) is 6.97. The second-order valence-electron chi connectivity index (χ2n) is 5.40. The SMILES string of the molecule is Cc1ccc(N(C)Cc2ccc(C#N)cc2C)c(C)c1. The molecule has 2 aromatic rings. The number of nitriles is 1. The van der Waals surface area contributed by atoms with Crippen molar-refractivity contribution in [3.63, 3.8) is 0 Å². The van der Waals surface area contributed by atoms with Gasteiger partial charge in [0.15, 0.2) is 0 Å². The van der Waals surface area contributed by atoms with Crippen molar-refractivity contribution in [1.82, 2.24) is 0 Å². The average Bonchev–Trinajstić information content (AvgIpc) is 2.40. The van der Waals surface area contributed by atoms with Crippen LogP contribution in [-0.2, 0) is 6.54 Å². The van der Waals surface area contributed by atoms with Crippen LogP contribution in [-0.4, -0.2) is 7.05 Å². The van der Waals surface area contributed by atoms with Gasteiger partial charge in [-0.1, -0.05) is 23.8 Å². The molecule has 20 heavy (non-hydrogen) atoms. The van der Waals surface area contributed by atoms with E-state index in [0.717, 1.165) is 12.1 Å². The monoisotopic (exact) mass is 264 g/mol. The minimum atomic E-state index is 0.723. The van der Waals surface area contributed by atoms with E-state index in [1.807, 2.05) is 18.2 Å². The molecule has 0 radical (unpaired) electrons. The van der Waals surface area contributed by atoms with Crippen molar-refractivity contribution in [1.29, 1.82) is 5.26 Å². The molecule has 102 valence electrons. The van der Waals surface area contributed by atoms with Crippen molar-refractivity contribution in [2.45, 2.75) is 27.3 Å². The zero-order chi connectivity index (χ0) is 14.7. The molecular formula is C18H20N2. The summed E-state index contributed by atoms with van der Waals surface area (Å²) in [6.45, 7) is 7.17. The van der Waals surface area contributed by atoms with Gasteiger partial charge in [0.05, 0.1) is 11.6 Å². The van der Waals surface area contributed by atoms with E-state index >= 15 is 0 Å². The number of benzene rings is 2. The quantitative estimate of drug-likeness (QED) is 0.833. The molecule has 0 heterocycles.